The van der Waals surface area contributed by atoms with Crippen LogP contribution in [-0.2, 0) is 5.75 Å². The van der Waals surface area contributed by atoms with Gasteiger partial charge in [-0.1, -0.05) is 12.1 Å². The monoisotopic (exact) mass is 368 g/mol. The average Bonchev–Trinajstić information content (AvgIpc) is 3.29. The molecule has 0 saturated carbocycles. The number of hydrogen-bond acceptors (Lipinski definition) is 8. The first kappa shape index (κ1) is 16.1. The van der Waals surface area contributed by atoms with Crippen molar-refractivity contribution in [2.45, 2.75) is 10.8 Å². The summed E-state index contributed by atoms with van der Waals surface area (Å²) in [6, 6.07) is 11.8. The van der Waals surface area contributed by atoms with Crippen LogP contribution in [-0.4, -0.2) is 24.5 Å². The van der Waals surface area contributed by atoms with Crippen LogP contribution in [0.2, 0.25) is 0 Å². The molecule has 9 nitrogen and oxygen atoms in total. The van der Waals surface area contributed by atoms with Crippen molar-refractivity contribution in [3.8, 4) is 11.6 Å². The molecule has 2 N–H and O–H groups in total. The summed E-state index contributed by atoms with van der Waals surface area (Å²) in [7, 11) is 0. The normalized spacial score (nSPS) is 11.1. The van der Waals surface area contributed by atoms with E-state index in [9.17, 15) is 10.1 Å². The zero-order valence-electron chi connectivity index (χ0n) is 13.3. The number of nitrogens with two attached hydrogens (primary N) is 1. The Balaban J connectivity index is 1.59. The fourth-order valence-corrected chi connectivity index (χ4v) is 3.23. The summed E-state index contributed by atoms with van der Waals surface area (Å²) < 4.78 is 6.74. The smallest absolute Gasteiger partial charge is 0.269 e. The summed E-state index contributed by atoms with van der Waals surface area (Å²) in [5, 5.41) is 15.8. The molecule has 0 saturated heterocycles. The molecule has 4 rings (SSSR count). The number of thioether (sulfide) groups is 1. The molecule has 0 amide bonds. The van der Waals surface area contributed by atoms with E-state index in [1.54, 1.807) is 36.6 Å². The number of anilines is 1. The number of nitro groups is 1. The van der Waals surface area contributed by atoms with E-state index in [1.165, 1.54) is 22.3 Å². The second kappa shape index (κ2) is 6.48. The molecule has 4 aromatic rings. The van der Waals surface area contributed by atoms with Crippen LogP contribution in [0.1, 0.15) is 5.56 Å². The van der Waals surface area contributed by atoms with E-state index in [2.05, 4.69) is 15.1 Å². The SMILES string of the molecule is Nc1nc(SCc2cccc([N+](=O)[O-])c2)cc2nc(-c3ccco3)nn12. The lowest BCUT2D eigenvalue weighted by molar-refractivity contribution is -0.384. The van der Waals surface area contributed by atoms with Crippen molar-refractivity contribution < 1.29 is 9.34 Å². The minimum Gasteiger partial charge on any atom is -0.461 e. The van der Waals surface area contributed by atoms with Crippen LogP contribution in [0.15, 0.2) is 58.2 Å². The second-order valence-electron chi connectivity index (χ2n) is 5.35. The van der Waals surface area contributed by atoms with Gasteiger partial charge < -0.3 is 10.2 Å². The van der Waals surface area contributed by atoms with Crippen molar-refractivity contribution in [3.05, 3.63) is 64.4 Å². The quantitative estimate of drug-likeness (QED) is 0.246. The average molecular weight is 368 g/mol. The van der Waals surface area contributed by atoms with Crippen LogP contribution in [0.3, 0.4) is 0 Å². The maximum atomic E-state index is 10.9. The van der Waals surface area contributed by atoms with Crippen LogP contribution in [0.25, 0.3) is 17.2 Å². The summed E-state index contributed by atoms with van der Waals surface area (Å²) in [4.78, 5) is 19.2. The lowest BCUT2D eigenvalue weighted by Gasteiger charge is -2.03. The Bertz CT molecular complexity index is 1090. The lowest BCUT2D eigenvalue weighted by atomic mass is 10.2. The maximum Gasteiger partial charge on any atom is 0.269 e. The minimum absolute atomic E-state index is 0.0616. The molecule has 0 spiro atoms. The number of aromatic nitrogens is 4. The molecule has 10 heteroatoms. The molecule has 0 atom stereocenters. The molecule has 0 aliphatic heterocycles. The third-order valence-corrected chi connectivity index (χ3v) is 4.56. The van der Waals surface area contributed by atoms with E-state index < -0.39 is 4.92 Å². The molecule has 0 fully saturated rings. The van der Waals surface area contributed by atoms with Gasteiger partial charge in [-0.3, -0.25) is 10.1 Å². The molecule has 0 bridgehead atoms. The van der Waals surface area contributed by atoms with Gasteiger partial charge in [0.05, 0.1) is 11.2 Å². The maximum absolute atomic E-state index is 10.9. The van der Waals surface area contributed by atoms with Gasteiger partial charge in [0.2, 0.25) is 11.8 Å². The molecule has 0 aliphatic rings. The summed E-state index contributed by atoms with van der Waals surface area (Å²) in [5.41, 5.74) is 7.40. The van der Waals surface area contributed by atoms with Gasteiger partial charge in [-0.25, -0.2) is 9.97 Å². The van der Waals surface area contributed by atoms with Crippen LogP contribution in [0.4, 0.5) is 11.6 Å². The van der Waals surface area contributed by atoms with E-state index in [4.69, 9.17) is 10.2 Å². The van der Waals surface area contributed by atoms with Crippen molar-refractivity contribution in [2.75, 3.05) is 5.73 Å². The number of nitro benzene ring substituents is 1. The predicted octanol–water partition coefficient (Wildman–Crippen LogP) is 3.17. The summed E-state index contributed by atoms with van der Waals surface area (Å²) in [6.07, 6.45) is 1.54. The molecular formula is C16H12N6O3S. The number of nitrogens with zero attached hydrogens (tertiary/aromatic N) is 5. The molecule has 0 radical (unpaired) electrons. The second-order valence-corrected chi connectivity index (χ2v) is 6.35. The van der Waals surface area contributed by atoms with E-state index in [0.717, 1.165) is 5.56 Å². The molecule has 3 heterocycles. The number of fused-ring (bicyclic) bond motifs is 1. The molecule has 26 heavy (non-hydrogen) atoms. The first-order valence-corrected chi connectivity index (χ1v) is 8.52. The van der Waals surface area contributed by atoms with Gasteiger partial charge in [0, 0.05) is 24.0 Å². The number of rotatable bonds is 5. The number of nitrogen functional groups attached to an aromatic ring is 1. The van der Waals surface area contributed by atoms with Crippen molar-refractivity contribution >= 4 is 29.0 Å². The van der Waals surface area contributed by atoms with Gasteiger partial charge in [0.15, 0.2) is 11.4 Å². The minimum atomic E-state index is -0.414. The van der Waals surface area contributed by atoms with Gasteiger partial charge in [0.1, 0.15) is 5.03 Å². The Morgan fingerprint density at radius 3 is 2.88 bits per heavy atom. The molecule has 0 unspecified atom stereocenters. The highest BCUT2D eigenvalue weighted by molar-refractivity contribution is 7.98. The highest BCUT2D eigenvalue weighted by Gasteiger charge is 2.13. The van der Waals surface area contributed by atoms with E-state index in [0.29, 0.717) is 28.0 Å². The zero-order valence-corrected chi connectivity index (χ0v) is 14.1. The lowest BCUT2D eigenvalue weighted by Crippen LogP contribution is -2.02. The van der Waals surface area contributed by atoms with E-state index in [-0.39, 0.29) is 11.6 Å². The van der Waals surface area contributed by atoms with Gasteiger partial charge >= 0.3 is 0 Å². The summed E-state index contributed by atoms with van der Waals surface area (Å²) in [6.45, 7) is 0. The molecular weight excluding hydrogens is 356 g/mol. The molecule has 130 valence electrons. The van der Waals surface area contributed by atoms with Crippen LogP contribution in [0.5, 0.6) is 0 Å². The Kier molecular flexibility index (Phi) is 4.01. The number of non-ortho nitro benzene ring substituents is 1. The van der Waals surface area contributed by atoms with Gasteiger partial charge in [0.25, 0.3) is 5.69 Å². The van der Waals surface area contributed by atoms with Gasteiger partial charge in [-0.15, -0.1) is 16.9 Å². The fourth-order valence-electron chi connectivity index (χ4n) is 2.39. The molecule has 0 aliphatic carbocycles. The third kappa shape index (κ3) is 3.09. The van der Waals surface area contributed by atoms with Crippen molar-refractivity contribution in [1.82, 2.24) is 19.6 Å². The van der Waals surface area contributed by atoms with E-state index in [1.807, 2.05) is 6.07 Å². The Labute approximate surface area is 151 Å². The standard InChI is InChI=1S/C16H12N6O3S/c17-16-19-14(26-9-10-3-1-4-11(7-10)22(23)24)8-13-18-15(20-21(13)16)12-5-2-6-25-12/h1-8H,9H2,(H2,17,19). The third-order valence-electron chi connectivity index (χ3n) is 3.58. The Morgan fingerprint density at radius 1 is 1.23 bits per heavy atom. The van der Waals surface area contributed by atoms with Crippen LogP contribution in [0, 0.1) is 10.1 Å². The zero-order chi connectivity index (χ0) is 18.1. The number of benzene rings is 1. The largest absolute Gasteiger partial charge is 0.461 e. The molecule has 1 aromatic carbocycles. The summed E-state index contributed by atoms with van der Waals surface area (Å²) in [5.74, 6) is 1.68. The van der Waals surface area contributed by atoms with Crippen LogP contribution >= 0.6 is 11.8 Å². The first-order valence-electron chi connectivity index (χ1n) is 7.53. The van der Waals surface area contributed by atoms with Crippen molar-refractivity contribution in [1.29, 1.82) is 0 Å². The number of furan rings is 1. The Morgan fingerprint density at radius 2 is 2.12 bits per heavy atom. The van der Waals surface area contributed by atoms with E-state index >= 15 is 0 Å². The number of hydrogen-bond donors (Lipinski definition) is 1. The van der Waals surface area contributed by atoms with Crippen molar-refractivity contribution in [2.24, 2.45) is 0 Å². The highest BCUT2D eigenvalue weighted by Crippen LogP contribution is 2.26. The van der Waals surface area contributed by atoms with Crippen LogP contribution < -0.4 is 5.73 Å². The Hall–Kier alpha value is -3.40. The first-order chi connectivity index (χ1) is 12.6. The summed E-state index contributed by atoms with van der Waals surface area (Å²) >= 11 is 1.41. The van der Waals surface area contributed by atoms with Crippen molar-refractivity contribution in [3.63, 3.8) is 0 Å². The topological polar surface area (TPSA) is 125 Å². The fraction of sp³-hybridized carbons (Fsp3) is 0.0625. The predicted molar refractivity (Wildman–Crippen MR) is 95.6 cm³/mol. The van der Waals surface area contributed by atoms with Gasteiger partial charge in [-0.05, 0) is 17.7 Å². The molecule has 3 aromatic heterocycles. The van der Waals surface area contributed by atoms with Gasteiger partial charge in [-0.2, -0.15) is 4.52 Å². The highest BCUT2D eigenvalue weighted by atomic mass is 32.2.